The Morgan fingerprint density at radius 2 is 2.30 bits per heavy atom. The predicted molar refractivity (Wildman–Crippen MR) is 96.2 cm³/mol. The van der Waals surface area contributed by atoms with Crippen LogP contribution >= 0.6 is 24.0 Å². The molecule has 2 N–H and O–H groups in total. The Balaban J connectivity index is 0.00000192. The molecule has 23 heavy (non-hydrogen) atoms. The summed E-state index contributed by atoms with van der Waals surface area (Å²) in [5, 5.41) is 15.2. The molecule has 2 saturated heterocycles. The molecule has 0 amide bonds. The van der Waals surface area contributed by atoms with Gasteiger partial charge in [0.2, 0.25) is 0 Å². The van der Waals surface area contributed by atoms with Gasteiger partial charge in [-0.05, 0) is 31.4 Å². The van der Waals surface area contributed by atoms with Gasteiger partial charge in [0.25, 0.3) is 0 Å². The van der Waals surface area contributed by atoms with Crippen LogP contribution in [0, 0.1) is 17.1 Å². The van der Waals surface area contributed by atoms with Gasteiger partial charge in [0, 0.05) is 19.2 Å². The molecule has 5 nitrogen and oxygen atoms in total. The molecule has 0 aliphatic carbocycles. The van der Waals surface area contributed by atoms with E-state index in [9.17, 15) is 4.39 Å². The average molecular weight is 430 g/mol. The standard InChI is InChI=1S/C16H19FN4O.HI/c1-19-16(21-14-7-12-4-5-15(14)22-12)20-9-11-3-2-10(8-18)6-13(11)17;/h2-3,6,12,14-15H,4-5,7,9H2,1H3,(H2,19,20,21);1H. The van der Waals surface area contributed by atoms with Crippen LogP contribution in [-0.2, 0) is 11.3 Å². The van der Waals surface area contributed by atoms with Gasteiger partial charge in [0.15, 0.2) is 5.96 Å². The van der Waals surface area contributed by atoms with E-state index in [0.29, 0.717) is 29.7 Å². The molecule has 7 heteroatoms. The fourth-order valence-corrected chi connectivity index (χ4v) is 3.10. The molecule has 1 aromatic rings. The average Bonchev–Trinajstić information content (AvgIpc) is 3.14. The molecule has 3 rings (SSSR count). The minimum Gasteiger partial charge on any atom is -0.373 e. The van der Waals surface area contributed by atoms with Crippen LogP contribution in [0.3, 0.4) is 0 Å². The van der Waals surface area contributed by atoms with Crippen molar-refractivity contribution in [1.82, 2.24) is 10.6 Å². The van der Waals surface area contributed by atoms with Crippen LogP contribution in [0.1, 0.15) is 30.4 Å². The highest BCUT2D eigenvalue weighted by Gasteiger charge is 2.41. The maximum absolute atomic E-state index is 13.8. The molecule has 0 aromatic heterocycles. The van der Waals surface area contributed by atoms with E-state index in [0.717, 1.165) is 19.3 Å². The molecule has 2 heterocycles. The summed E-state index contributed by atoms with van der Waals surface area (Å²) >= 11 is 0. The third-order valence-electron chi connectivity index (χ3n) is 4.28. The van der Waals surface area contributed by atoms with Gasteiger partial charge in [0.05, 0.1) is 29.9 Å². The smallest absolute Gasteiger partial charge is 0.191 e. The normalized spacial score (nSPS) is 25.6. The summed E-state index contributed by atoms with van der Waals surface area (Å²) in [5.74, 6) is 0.259. The van der Waals surface area contributed by atoms with Crippen LogP contribution in [0.5, 0.6) is 0 Å². The van der Waals surface area contributed by atoms with Crippen LogP contribution in [-0.4, -0.2) is 31.3 Å². The Kier molecular flexibility index (Phi) is 6.18. The van der Waals surface area contributed by atoms with Crippen LogP contribution in [0.25, 0.3) is 0 Å². The van der Waals surface area contributed by atoms with Crippen LogP contribution in [0.2, 0.25) is 0 Å². The first kappa shape index (κ1) is 17.9. The molecular weight excluding hydrogens is 410 g/mol. The Labute approximate surface area is 152 Å². The lowest BCUT2D eigenvalue weighted by Crippen LogP contribution is -2.47. The zero-order chi connectivity index (χ0) is 15.5. The number of nitriles is 1. The summed E-state index contributed by atoms with van der Waals surface area (Å²) in [6, 6.07) is 6.68. The monoisotopic (exact) mass is 430 g/mol. The van der Waals surface area contributed by atoms with Gasteiger partial charge in [-0.2, -0.15) is 5.26 Å². The first-order chi connectivity index (χ1) is 10.7. The fraction of sp³-hybridized carbons (Fsp3) is 0.500. The zero-order valence-corrected chi connectivity index (χ0v) is 15.2. The highest BCUT2D eigenvalue weighted by molar-refractivity contribution is 14.0. The number of hydrogen-bond donors (Lipinski definition) is 2. The Hall–Kier alpha value is -1.40. The van der Waals surface area contributed by atoms with E-state index in [1.54, 1.807) is 19.2 Å². The van der Waals surface area contributed by atoms with Crippen LogP contribution in [0.4, 0.5) is 4.39 Å². The molecule has 0 spiro atoms. The first-order valence-corrected chi connectivity index (χ1v) is 7.50. The van der Waals surface area contributed by atoms with Crippen LogP contribution < -0.4 is 10.6 Å². The number of benzene rings is 1. The molecule has 124 valence electrons. The zero-order valence-electron chi connectivity index (χ0n) is 12.9. The Bertz CT molecular complexity index is 631. The lowest BCUT2D eigenvalue weighted by Gasteiger charge is -2.22. The largest absolute Gasteiger partial charge is 0.373 e. The lowest BCUT2D eigenvalue weighted by atomic mass is 9.96. The van der Waals surface area contributed by atoms with E-state index in [1.165, 1.54) is 6.07 Å². The quantitative estimate of drug-likeness (QED) is 0.439. The summed E-state index contributed by atoms with van der Waals surface area (Å²) in [6.07, 6.45) is 3.86. The van der Waals surface area contributed by atoms with Gasteiger partial charge in [-0.15, -0.1) is 24.0 Å². The topological polar surface area (TPSA) is 69.4 Å². The van der Waals surface area contributed by atoms with Crippen molar-refractivity contribution in [2.45, 2.75) is 44.1 Å². The summed E-state index contributed by atoms with van der Waals surface area (Å²) < 4.78 is 19.6. The predicted octanol–water partition coefficient (Wildman–Crippen LogP) is 2.30. The first-order valence-electron chi connectivity index (χ1n) is 7.50. The Morgan fingerprint density at radius 3 is 2.87 bits per heavy atom. The molecule has 3 unspecified atom stereocenters. The number of guanidine groups is 1. The number of ether oxygens (including phenoxy) is 1. The molecule has 3 atom stereocenters. The van der Waals surface area contributed by atoms with Crippen molar-refractivity contribution in [3.05, 3.63) is 35.1 Å². The number of halogens is 2. The number of hydrogen-bond acceptors (Lipinski definition) is 3. The minimum absolute atomic E-state index is 0. The molecule has 2 fully saturated rings. The van der Waals surface area contributed by atoms with Crippen molar-refractivity contribution >= 4 is 29.9 Å². The molecule has 2 aliphatic heterocycles. The van der Waals surface area contributed by atoms with Crippen molar-refractivity contribution in [2.24, 2.45) is 4.99 Å². The van der Waals surface area contributed by atoms with Gasteiger partial charge in [-0.25, -0.2) is 4.39 Å². The summed E-state index contributed by atoms with van der Waals surface area (Å²) in [5.41, 5.74) is 0.828. The number of nitrogens with zero attached hydrogens (tertiary/aromatic N) is 2. The van der Waals surface area contributed by atoms with Crippen molar-refractivity contribution in [3.63, 3.8) is 0 Å². The molecular formula is C16H20FIN4O. The van der Waals surface area contributed by atoms with Crippen molar-refractivity contribution in [3.8, 4) is 6.07 Å². The van der Waals surface area contributed by atoms with E-state index in [-0.39, 0.29) is 41.9 Å². The van der Waals surface area contributed by atoms with E-state index in [2.05, 4.69) is 15.6 Å². The maximum Gasteiger partial charge on any atom is 0.191 e. The van der Waals surface area contributed by atoms with E-state index < -0.39 is 0 Å². The molecule has 2 aliphatic rings. The van der Waals surface area contributed by atoms with Gasteiger partial charge in [-0.3, -0.25) is 4.99 Å². The van der Waals surface area contributed by atoms with E-state index in [1.807, 2.05) is 6.07 Å². The van der Waals surface area contributed by atoms with Gasteiger partial charge < -0.3 is 15.4 Å². The second kappa shape index (κ2) is 7.93. The minimum atomic E-state index is -0.384. The lowest BCUT2D eigenvalue weighted by molar-refractivity contribution is 0.0992. The van der Waals surface area contributed by atoms with Crippen molar-refractivity contribution in [2.75, 3.05) is 7.05 Å². The van der Waals surface area contributed by atoms with Gasteiger partial charge in [0.1, 0.15) is 5.82 Å². The number of fused-ring (bicyclic) bond motifs is 2. The maximum atomic E-state index is 13.8. The number of nitrogens with one attached hydrogen (secondary N) is 2. The molecule has 1 aromatic carbocycles. The SMILES string of the molecule is CN=C(NCc1ccc(C#N)cc1F)NC1CC2CCC1O2.I. The third kappa shape index (κ3) is 4.12. The van der Waals surface area contributed by atoms with E-state index >= 15 is 0 Å². The summed E-state index contributed by atoms with van der Waals surface area (Å²) in [6.45, 7) is 0.318. The van der Waals surface area contributed by atoms with E-state index in [4.69, 9.17) is 10.00 Å². The number of rotatable bonds is 3. The molecule has 0 radical (unpaired) electrons. The molecule has 0 saturated carbocycles. The van der Waals surface area contributed by atoms with Crippen LogP contribution in [0.15, 0.2) is 23.2 Å². The van der Waals surface area contributed by atoms with Gasteiger partial charge >= 0.3 is 0 Å². The summed E-state index contributed by atoms with van der Waals surface area (Å²) in [4.78, 5) is 4.18. The second-order valence-corrected chi connectivity index (χ2v) is 5.70. The van der Waals surface area contributed by atoms with Gasteiger partial charge in [-0.1, -0.05) is 6.07 Å². The van der Waals surface area contributed by atoms with Crippen molar-refractivity contribution < 1.29 is 9.13 Å². The van der Waals surface area contributed by atoms with Crippen molar-refractivity contribution in [1.29, 1.82) is 5.26 Å². The highest BCUT2D eigenvalue weighted by atomic mass is 127. The fourth-order valence-electron chi connectivity index (χ4n) is 3.10. The number of aliphatic imine (C=N–C) groups is 1. The summed E-state index contributed by atoms with van der Waals surface area (Å²) in [7, 11) is 1.69. The second-order valence-electron chi connectivity index (χ2n) is 5.70. The Morgan fingerprint density at radius 1 is 1.48 bits per heavy atom. The third-order valence-corrected chi connectivity index (χ3v) is 4.28. The highest BCUT2D eigenvalue weighted by Crippen LogP contribution is 2.34. The molecule has 2 bridgehead atoms.